The molecular weight excluding hydrogens is 335 g/mol. The number of hydrogen-bond acceptors (Lipinski definition) is 3. The molecule has 0 atom stereocenters. The molecule has 0 saturated heterocycles. The van der Waals surface area contributed by atoms with Gasteiger partial charge in [-0.3, -0.25) is 4.79 Å². The van der Waals surface area contributed by atoms with Crippen LogP contribution >= 0.6 is 11.3 Å². The lowest BCUT2D eigenvalue weighted by Gasteiger charge is -2.24. The number of likely N-dealkylation sites (N-methyl/N-ethyl adjacent to an activating group) is 1. The van der Waals surface area contributed by atoms with Gasteiger partial charge in [-0.25, -0.2) is 4.39 Å². The lowest BCUT2D eigenvalue weighted by Crippen LogP contribution is -2.36. The highest BCUT2D eigenvalue weighted by Crippen LogP contribution is 2.30. The van der Waals surface area contributed by atoms with Crippen LogP contribution in [0.2, 0.25) is 0 Å². The van der Waals surface area contributed by atoms with Gasteiger partial charge in [-0.15, -0.1) is 11.3 Å². The number of fused-ring (bicyclic) bond motifs is 1. The normalized spacial score (nSPS) is 13.8. The summed E-state index contributed by atoms with van der Waals surface area (Å²) in [5, 5.41) is 0. The maximum Gasteiger partial charge on any atom is 0.264 e. The van der Waals surface area contributed by atoms with E-state index in [1.165, 1.54) is 35.4 Å². The molecule has 25 heavy (non-hydrogen) atoms. The summed E-state index contributed by atoms with van der Waals surface area (Å²) in [5.41, 5.74) is 2.17. The van der Waals surface area contributed by atoms with E-state index in [-0.39, 0.29) is 11.7 Å². The third-order valence-corrected chi connectivity index (χ3v) is 5.80. The molecule has 3 nitrogen and oxygen atoms in total. The Bertz CT molecular complexity index is 718. The molecule has 1 aliphatic carbocycles. The third kappa shape index (κ3) is 4.67. The van der Waals surface area contributed by atoms with E-state index in [4.69, 9.17) is 0 Å². The molecule has 1 aromatic heterocycles. The molecule has 1 aromatic carbocycles. The van der Waals surface area contributed by atoms with Crippen LogP contribution in [0.4, 0.5) is 4.39 Å². The minimum atomic E-state index is -0.260. The Labute approximate surface area is 153 Å². The van der Waals surface area contributed by atoms with E-state index in [9.17, 15) is 9.18 Å². The first kappa shape index (κ1) is 18.1. The Morgan fingerprint density at radius 2 is 1.96 bits per heavy atom. The Morgan fingerprint density at radius 1 is 1.16 bits per heavy atom. The summed E-state index contributed by atoms with van der Waals surface area (Å²) in [6, 6.07) is 8.59. The molecule has 1 amide bonds. The van der Waals surface area contributed by atoms with Crippen LogP contribution in [0.3, 0.4) is 0 Å². The van der Waals surface area contributed by atoms with Gasteiger partial charge in [0.1, 0.15) is 5.82 Å². The zero-order chi connectivity index (χ0) is 17.8. The lowest BCUT2D eigenvalue weighted by molar-refractivity contribution is 0.0736. The van der Waals surface area contributed by atoms with E-state index in [1.807, 2.05) is 25.1 Å². The summed E-state index contributed by atoms with van der Waals surface area (Å²) in [7, 11) is 3.99. The summed E-state index contributed by atoms with van der Waals surface area (Å²) in [5.74, 6) is -0.199. The molecule has 0 spiro atoms. The predicted molar refractivity (Wildman–Crippen MR) is 101 cm³/mol. The van der Waals surface area contributed by atoms with E-state index in [1.54, 1.807) is 17.4 Å². The van der Waals surface area contributed by atoms with Crippen molar-refractivity contribution >= 4 is 17.2 Å². The Hall–Kier alpha value is -1.72. The topological polar surface area (TPSA) is 23.6 Å². The molecule has 2 aromatic rings. The first-order chi connectivity index (χ1) is 12.0. The molecule has 1 heterocycles. The van der Waals surface area contributed by atoms with Crippen LogP contribution in [0.25, 0.3) is 0 Å². The largest absolute Gasteiger partial charge is 0.332 e. The highest BCUT2D eigenvalue weighted by atomic mass is 32.1. The molecule has 0 unspecified atom stereocenters. The standard InChI is InChI=1S/C20H25FN2OS/c1-22(2)10-11-23(14-15-6-5-8-17(21)12-15)20(24)19-13-16-7-3-4-9-18(16)25-19/h5-6,8,12-13H,3-4,7,9-11,14H2,1-2H3. The van der Waals surface area contributed by atoms with Gasteiger partial charge in [-0.05, 0) is 69.1 Å². The first-order valence-corrected chi connectivity index (χ1v) is 9.64. The zero-order valence-corrected chi connectivity index (χ0v) is 15.7. The second-order valence-electron chi connectivity index (χ2n) is 6.93. The van der Waals surface area contributed by atoms with Gasteiger partial charge >= 0.3 is 0 Å². The highest BCUT2D eigenvalue weighted by Gasteiger charge is 2.22. The smallest absolute Gasteiger partial charge is 0.264 e. The molecule has 0 saturated carbocycles. The van der Waals surface area contributed by atoms with Gasteiger partial charge in [0.05, 0.1) is 4.88 Å². The molecule has 0 radical (unpaired) electrons. The van der Waals surface area contributed by atoms with E-state index in [2.05, 4.69) is 11.0 Å². The van der Waals surface area contributed by atoms with E-state index < -0.39 is 0 Å². The number of nitrogens with zero attached hydrogens (tertiary/aromatic N) is 2. The van der Waals surface area contributed by atoms with E-state index >= 15 is 0 Å². The molecule has 0 fully saturated rings. The van der Waals surface area contributed by atoms with Crippen LogP contribution < -0.4 is 0 Å². The van der Waals surface area contributed by atoms with Gasteiger partial charge in [0.25, 0.3) is 5.91 Å². The Kier molecular flexibility index (Phi) is 5.86. The number of carbonyl (C=O) groups excluding carboxylic acids is 1. The van der Waals surface area contributed by atoms with Crippen molar-refractivity contribution in [1.82, 2.24) is 9.80 Å². The molecular formula is C20H25FN2OS. The second kappa shape index (κ2) is 8.11. The van der Waals surface area contributed by atoms with E-state index in [0.717, 1.165) is 29.8 Å². The monoisotopic (exact) mass is 360 g/mol. The average Bonchev–Trinajstić information content (AvgIpc) is 3.02. The number of benzene rings is 1. The van der Waals surface area contributed by atoms with Crippen molar-refractivity contribution in [3.8, 4) is 0 Å². The quantitative estimate of drug-likeness (QED) is 0.778. The fourth-order valence-corrected chi connectivity index (χ4v) is 4.40. The van der Waals surface area contributed by atoms with Gasteiger partial charge < -0.3 is 9.80 Å². The van der Waals surface area contributed by atoms with Crippen molar-refractivity contribution in [3.63, 3.8) is 0 Å². The number of aryl methyl sites for hydroxylation is 2. The minimum Gasteiger partial charge on any atom is -0.332 e. The summed E-state index contributed by atoms with van der Waals surface area (Å²) in [4.78, 5) is 19.2. The lowest BCUT2D eigenvalue weighted by atomic mass is 9.99. The number of halogens is 1. The first-order valence-electron chi connectivity index (χ1n) is 8.83. The molecule has 5 heteroatoms. The second-order valence-corrected chi connectivity index (χ2v) is 8.06. The number of carbonyl (C=O) groups is 1. The number of rotatable bonds is 6. The van der Waals surface area contributed by atoms with Crippen molar-refractivity contribution in [2.24, 2.45) is 0 Å². The van der Waals surface area contributed by atoms with Crippen LogP contribution in [0.1, 0.15) is 38.5 Å². The number of amides is 1. The molecule has 0 bridgehead atoms. The zero-order valence-electron chi connectivity index (χ0n) is 14.9. The van der Waals surface area contributed by atoms with Crippen LogP contribution in [0.15, 0.2) is 30.3 Å². The Morgan fingerprint density at radius 3 is 2.68 bits per heavy atom. The third-order valence-electron chi connectivity index (χ3n) is 4.57. The molecule has 3 rings (SSSR count). The fourth-order valence-electron chi connectivity index (χ4n) is 3.18. The predicted octanol–water partition coefficient (Wildman–Crippen LogP) is 3.97. The summed E-state index contributed by atoms with van der Waals surface area (Å²) in [6.07, 6.45) is 4.61. The van der Waals surface area contributed by atoms with Gasteiger partial charge in [-0.2, -0.15) is 0 Å². The van der Waals surface area contributed by atoms with Gasteiger partial charge in [-0.1, -0.05) is 12.1 Å². The SMILES string of the molecule is CN(C)CCN(Cc1cccc(F)c1)C(=O)c1cc2c(s1)CCCC2. The highest BCUT2D eigenvalue weighted by molar-refractivity contribution is 7.14. The minimum absolute atomic E-state index is 0.0607. The maximum absolute atomic E-state index is 13.5. The van der Waals surface area contributed by atoms with Gasteiger partial charge in [0.2, 0.25) is 0 Å². The summed E-state index contributed by atoms with van der Waals surface area (Å²) >= 11 is 1.64. The van der Waals surface area contributed by atoms with Crippen molar-refractivity contribution in [3.05, 3.63) is 57.0 Å². The van der Waals surface area contributed by atoms with Crippen molar-refractivity contribution in [1.29, 1.82) is 0 Å². The van der Waals surface area contributed by atoms with Crippen molar-refractivity contribution < 1.29 is 9.18 Å². The fraction of sp³-hybridized carbons (Fsp3) is 0.450. The van der Waals surface area contributed by atoms with Crippen molar-refractivity contribution in [2.45, 2.75) is 32.2 Å². The maximum atomic E-state index is 13.5. The van der Waals surface area contributed by atoms with Crippen LogP contribution in [0.5, 0.6) is 0 Å². The molecule has 0 aliphatic heterocycles. The Balaban J connectivity index is 1.79. The van der Waals surface area contributed by atoms with E-state index in [0.29, 0.717) is 13.1 Å². The summed E-state index contributed by atoms with van der Waals surface area (Å²) in [6.45, 7) is 1.85. The molecule has 134 valence electrons. The van der Waals surface area contributed by atoms with Gasteiger partial charge in [0.15, 0.2) is 0 Å². The van der Waals surface area contributed by atoms with Gasteiger partial charge in [0, 0.05) is 24.5 Å². The van der Waals surface area contributed by atoms with Crippen LogP contribution in [0, 0.1) is 5.82 Å². The number of hydrogen-bond donors (Lipinski definition) is 0. The molecule has 0 N–H and O–H groups in total. The van der Waals surface area contributed by atoms with Crippen LogP contribution in [-0.2, 0) is 19.4 Å². The summed E-state index contributed by atoms with van der Waals surface area (Å²) < 4.78 is 13.5. The van der Waals surface area contributed by atoms with Crippen LogP contribution in [-0.4, -0.2) is 42.9 Å². The molecule has 1 aliphatic rings. The average molecular weight is 360 g/mol. The van der Waals surface area contributed by atoms with Crippen molar-refractivity contribution in [2.75, 3.05) is 27.2 Å². The number of thiophene rings is 1.